The van der Waals surface area contributed by atoms with E-state index >= 15 is 0 Å². The summed E-state index contributed by atoms with van der Waals surface area (Å²) < 4.78 is 9.15. The number of hydrogen-bond donors (Lipinski definition) is 4. The highest BCUT2D eigenvalue weighted by atomic mass is 16.5. The maximum absolute atomic E-state index is 10.8. The molecule has 0 aromatic carbocycles. The summed E-state index contributed by atoms with van der Waals surface area (Å²) in [4.78, 5) is 40.8. The van der Waals surface area contributed by atoms with Gasteiger partial charge in [0.1, 0.15) is 13.2 Å². The van der Waals surface area contributed by atoms with Crippen LogP contribution in [0.2, 0.25) is 0 Å². The third kappa shape index (κ3) is 43.3. The highest BCUT2D eigenvalue weighted by Crippen LogP contribution is 1.90. The molecule has 0 spiro atoms. The fourth-order valence-electron chi connectivity index (χ4n) is 0.915. The van der Waals surface area contributed by atoms with Crippen LogP contribution in [0.3, 0.4) is 0 Å². The minimum atomic E-state index is -0.935. The van der Waals surface area contributed by atoms with Crippen LogP contribution in [0.5, 0.6) is 0 Å². The lowest BCUT2D eigenvalue weighted by Gasteiger charge is -1.96. The molecule has 10 nitrogen and oxygen atoms in total. The lowest BCUT2D eigenvalue weighted by atomic mass is 10.2. The maximum atomic E-state index is 10.8. The molecule has 4 N–H and O–H groups in total. The van der Waals surface area contributed by atoms with Crippen LogP contribution in [0.25, 0.3) is 0 Å². The Hall–Kier alpha value is -3.50. The molecule has 0 atom stereocenters. The second-order valence-electron chi connectivity index (χ2n) is 5.85. The van der Waals surface area contributed by atoms with Crippen molar-refractivity contribution >= 4 is 23.9 Å². The molecule has 0 heterocycles. The quantitative estimate of drug-likeness (QED) is 0.143. The van der Waals surface area contributed by atoms with E-state index in [0.29, 0.717) is 0 Å². The minimum Gasteiger partial charge on any atom is -0.478 e. The van der Waals surface area contributed by atoms with Gasteiger partial charge in [0.05, 0.1) is 0 Å². The van der Waals surface area contributed by atoms with Gasteiger partial charge in [-0.2, -0.15) is 0 Å². The van der Waals surface area contributed by atoms with Gasteiger partial charge in [0.2, 0.25) is 0 Å². The van der Waals surface area contributed by atoms with Crippen LogP contribution in [0.1, 0.15) is 33.1 Å². The van der Waals surface area contributed by atoms with E-state index in [1.54, 1.807) is 0 Å². The van der Waals surface area contributed by atoms with E-state index in [1.807, 2.05) is 0 Å². The molecule has 0 saturated heterocycles. The number of carboxylic acid groups (broad SMARTS) is 2. The van der Waals surface area contributed by atoms with E-state index in [2.05, 4.69) is 35.8 Å². The molecule has 33 heavy (non-hydrogen) atoms. The van der Waals surface area contributed by atoms with E-state index < -0.39 is 23.9 Å². The average Bonchev–Trinajstić information content (AvgIpc) is 2.76. The zero-order chi connectivity index (χ0) is 26.7. The third-order valence-corrected chi connectivity index (χ3v) is 2.59. The number of unbranched alkanes of at least 4 members (excludes halogenated alkanes) is 2. The molecule has 0 aliphatic carbocycles. The molecule has 0 saturated carbocycles. The van der Waals surface area contributed by atoms with Crippen molar-refractivity contribution in [2.24, 2.45) is 0 Å². The van der Waals surface area contributed by atoms with Gasteiger partial charge in [-0.05, 0) is 33.1 Å². The van der Waals surface area contributed by atoms with E-state index in [4.69, 9.17) is 20.4 Å². The number of aliphatic hydroxyl groups is 2. The summed E-state index contributed by atoms with van der Waals surface area (Å²) in [6, 6.07) is 0. The highest BCUT2D eigenvalue weighted by Gasteiger charge is 1.98. The van der Waals surface area contributed by atoms with Crippen molar-refractivity contribution < 1.29 is 49.1 Å². The van der Waals surface area contributed by atoms with Crippen molar-refractivity contribution in [2.75, 3.05) is 26.4 Å². The first-order valence-corrected chi connectivity index (χ1v) is 9.63. The molecule has 0 aromatic heterocycles. The Bertz CT molecular complexity index is 570. The van der Waals surface area contributed by atoms with Crippen molar-refractivity contribution in [1.29, 1.82) is 0 Å². The number of carboxylic acids is 2. The topological polar surface area (TPSA) is 168 Å². The molecule has 0 amide bonds. The fraction of sp³-hybridized carbons (Fsp3) is 0.391. The fourth-order valence-corrected chi connectivity index (χ4v) is 0.915. The average molecular weight is 473 g/mol. The van der Waals surface area contributed by atoms with E-state index in [-0.39, 0.29) is 37.6 Å². The zero-order valence-corrected chi connectivity index (χ0v) is 19.3. The highest BCUT2D eigenvalue weighted by molar-refractivity contribution is 5.91. The molecule has 0 bridgehead atoms. The van der Waals surface area contributed by atoms with E-state index in [1.165, 1.54) is 26.0 Å². The van der Waals surface area contributed by atoms with Crippen molar-refractivity contribution in [2.45, 2.75) is 33.1 Å². The third-order valence-electron chi connectivity index (χ3n) is 2.59. The molecule has 0 rings (SSSR count). The molecule has 0 aliphatic heterocycles. The number of ether oxygens (including phenoxy) is 2. The molecule has 0 aliphatic rings. The summed E-state index contributed by atoms with van der Waals surface area (Å²) in [7, 11) is 0. The smallest absolute Gasteiger partial charge is 0.331 e. The standard InChI is InChI=1S/C10H12O4.C5H12O2.2C4H6O2/c1-3-7-13-9(11)5-6-10(12)14-8-4-2;6-4-2-1-3-5-7;2*1-3(2)4(5)6/h3-6H,1-2,7-8H2;6-7H,1-5H2;2*1H2,2H3,(H,5,6). The molecule has 188 valence electrons. The predicted octanol–water partition coefficient (Wildman–Crippen LogP) is 2.44. The second kappa shape index (κ2) is 28.5. The molecule has 10 heteroatoms. The molecule has 0 radical (unpaired) electrons. The first-order valence-electron chi connectivity index (χ1n) is 9.63. The number of aliphatic hydroxyl groups excluding tert-OH is 2. The first-order chi connectivity index (χ1) is 15.4. The Morgan fingerprint density at radius 2 is 0.970 bits per heavy atom. The summed E-state index contributed by atoms with van der Waals surface area (Å²) in [5, 5.41) is 32.2. The number of aliphatic carboxylic acids is 2. The largest absolute Gasteiger partial charge is 0.478 e. The Labute approximate surface area is 194 Å². The van der Waals surface area contributed by atoms with Crippen LogP contribution in [0.15, 0.2) is 61.8 Å². The van der Waals surface area contributed by atoms with Crippen LogP contribution >= 0.6 is 0 Å². The van der Waals surface area contributed by atoms with Gasteiger partial charge in [-0.15, -0.1) is 0 Å². The van der Waals surface area contributed by atoms with Gasteiger partial charge in [-0.3, -0.25) is 0 Å². The maximum Gasteiger partial charge on any atom is 0.331 e. The molecule has 0 unspecified atom stereocenters. The summed E-state index contributed by atoms with van der Waals surface area (Å²) in [5.41, 5.74) is 0.352. The van der Waals surface area contributed by atoms with Gasteiger partial charge in [0, 0.05) is 36.5 Å². The van der Waals surface area contributed by atoms with Crippen LogP contribution in [-0.4, -0.2) is 70.7 Å². The van der Waals surface area contributed by atoms with Crippen LogP contribution in [0, 0.1) is 0 Å². The molecular weight excluding hydrogens is 436 g/mol. The number of rotatable bonds is 12. The number of carbonyl (C=O) groups excluding carboxylic acids is 2. The van der Waals surface area contributed by atoms with Crippen molar-refractivity contribution in [3.8, 4) is 0 Å². The number of hydrogen-bond acceptors (Lipinski definition) is 8. The van der Waals surface area contributed by atoms with Gasteiger partial charge in [-0.1, -0.05) is 38.5 Å². The molecule has 0 fully saturated rings. The van der Waals surface area contributed by atoms with E-state index in [9.17, 15) is 19.2 Å². The number of carbonyl (C=O) groups is 4. The summed E-state index contributed by atoms with van der Waals surface area (Å²) in [6.07, 6.45) is 7.43. The summed E-state index contributed by atoms with van der Waals surface area (Å²) in [6.45, 7) is 16.7. The van der Waals surface area contributed by atoms with Crippen LogP contribution in [-0.2, 0) is 28.7 Å². The second-order valence-corrected chi connectivity index (χ2v) is 5.85. The molecular formula is C23H36O10. The molecule has 0 aromatic rings. The Morgan fingerprint density at radius 3 is 1.15 bits per heavy atom. The number of esters is 2. The SMILES string of the molecule is C=C(C)C(=O)O.C=C(C)C(=O)O.C=CCOC(=O)C=CC(=O)OCC=C.OCCCCCO. The Balaban J connectivity index is -0.000000186. The van der Waals surface area contributed by atoms with Crippen LogP contribution < -0.4 is 0 Å². The van der Waals surface area contributed by atoms with Gasteiger partial charge in [-0.25, -0.2) is 19.2 Å². The summed E-state index contributed by atoms with van der Waals surface area (Å²) >= 11 is 0. The van der Waals surface area contributed by atoms with Gasteiger partial charge in [0.25, 0.3) is 0 Å². The van der Waals surface area contributed by atoms with Crippen molar-refractivity contribution in [3.63, 3.8) is 0 Å². The van der Waals surface area contributed by atoms with Gasteiger partial charge >= 0.3 is 23.9 Å². The lowest BCUT2D eigenvalue weighted by Crippen LogP contribution is -2.04. The van der Waals surface area contributed by atoms with Gasteiger partial charge in [0.15, 0.2) is 0 Å². The zero-order valence-electron chi connectivity index (χ0n) is 19.3. The normalized spacial score (nSPS) is 8.73. The van der Waals surface area contributed by atoms with Crippen LogP contribution in [0.4, 0.5) is 0 Å². The summed E-state index contributed by atoms with van der Waals surface area (Å²) in [5.74, 6) is -3.09. The minimum absolute atomic E-state index is 0.116. The van der Waals surface area contributed by atoms with Crippen molar-refractivity contribution in [3.05, 3.63) is 61.8 Å². The predicted molar refractivity (Wildman–Crippen MR) is 124 cm³/mol. The monoisotopic (exact) mass is 472 g/mol. The van der Waals surface area contributed by atoms with Gasteiger partial charge < -0.3 is 29.9 Å². The Kier molecular flexibility index (Phi) is 31.8. The first kappa shape index (κ1) is 36.8. The van der Waals surface area contributed by atoms with Crippen molar-refractivity contribution in [1.82, 2.24) is 0 Å². The van der Waals surface area contributed by atoms with E-state index in [0.717, 1.165) is 31.4 Å². The lowest BCUT2D eigenvalue weighted by molar-refractivity contribution is -0.139. The Morgan fingerprint density at radius 1 is 0.697 bits per heavy atom.